The summed E-state index contributed by atoms with van der Waals surface area (Å²) < 4.78 is 0. The summed E-state index contributed by atoms with van der Waals surface area (Å²) in [4.78, 5) is 38.2. The first-order valence-corrected chi connectivity index (χ1v) is 7.12. The maximum atomic E-state index is 12.1. The van der Waals surface area contributed by atoms with Gasteiger partial charge >= 0.3 is 12.0 Å². The van der Waals surface area contributed by atoms with Gasteiger partial charge in [-0.05, 0) is 26.7 Å². The number of carbonyl (C=O) groups is 3. The Labute approximate surface area is 125 Å². The molecule has 0 spiro atoms. The van der Waals surface area contributed by atoms with Crippen molar-refractivity contribution in [1.82, 2.24) is 15.1 Å². The van der Waals surface area contributed by atoms with Crippen LogP contribution in [0, 0.1) is 11.3 Å². The topological polar surface area (TPSA) is 90.0 Å². The summed E-state index contributed by atoms with van der Waals surface area (Å²) in [6.45, 7) is 4.26. The molecule has 7 heteroatoms. The molecule has 0 saturated carbocycles. The summed E-state index contributed by atoms with van der Waals surface area (Å²) in [5, 5.41) is 11.7. The fourth-order valence-electron chi connectivity index (χ4n) is 2.18. The second kappa shape index (κ2) is 6.78. The first kappa shape index (κ1) is 17.3. The van der Waals surface area contributed by atoms with Gasteiger partial charge in [0.2, 0.25) is 5.91 Å². The summed E-state index contributed by atoms with van der Waals surface area (Å²) in [6.07, 6.45) is 1.50. The zero-order chi connectivity index (χ0) is 16.2. The number of hydrogen-bond donors (Lipinski definition) is 2. The molecule has 0 aromatic heterocycles. The highest BCUT2D eigenvalue weighted by Gasteiger charge is 2.32. The van der Waals surface area contributed by atoms with Crippen molar-refractivity contribution in [3.05, 3.63) is 0 Å². The van der Waals surface area contributed by atoms with E-state index in [1.807, 2.05) is 0 Å². The molecule has 3 amide bonds. The number of carbonyl (C=O) groups excluding carboxylic acids is 2. The van der Waals surface area contributed by atoms with Crippen LogP contribution in [0.1, 0.15) is 26.7 Å². The molecule has 1 aliphatic rings. The van der Waals surface area contributed by atoms with Crippen molar-refractivity contribution in [3.63, 3.8) is 0 Å². The van der Waals surface area contributed by atoms with Gasteiger partial charge in [0.25, 0.3) is 0 Å². The predicted molar refractivity (Wildman–Crippen MR) is 77.8 cm³/mol. The fourth-order valence-corrected chi connectivity index (χ4v) is 2.18. The number of nitrogens with one attached hydrogen (secondary N) is 1. The zero-order valence-corrected chi connectivity index (χ0v) is 13.2. The summed E-state index contributed by atoms with van der Waals surface area (Å²) >= 11 is 0. The van der Waals surface area contributed by atoms with Gasteiger partial charge in [0.15, 0.2) is 0 Å². The van der Waals surface area contributed by atoms with Gasteiger partial charge in [-0.3, -0.25) is 9.59 Å². The number of likely N-dealkylation sites (tertiary alicyclic amines) is 1. The van der Waals surface area contributed by atoms with Crippen LogP contribution in [0.25, 0.3) is 0 Å². The third kappa shape index (κ3) is 4.61. The molecule has 0 aromatic carbocycles. The van der Waals surface area contributed by atoms with Crippen molar-refractivity contribution in [1.29, 1.82) is 0 Å². The van der Waals surface area contributed by atoms with Gasteiger partial charge in [0, 0.05) is 33.7 Å². The number of aliphatic carboxylic acids is 1. The Kier molecular flexibility index (Phi) is 5.57. The van der Waals surface area contributed by atoms with E-state index < -0.39 is 11.4 Å². The van der Waals surface area contributed by atoms with E-state index in [-0.39, 0.29) is 24.4 Å². The van der Waals surface area contributed by atoms with Crippen molar-refractivity contribution < 1.29 is 19.5 Å². The average molecular weight is 299 g/mol. The summed E-state index contributed by atoms with van der Waals surface area (Å²) in [5.41, 5.74) is -0.997. The lowest BCUT2D eigenvalue weighted by atomic mass is 9.92. The Balaban J connectivity index is 2.55. The number of piperidine rings is 1. The molecule has 0 aliphatic carbocycles. The quantitative estimate of drug-likeness (QED) is 0.795. The molecule has 2 N–H and O–H groups in total. The highest BCUT2D eigenvalue weighted by molar-refractivity contribution is 5.82. The van der Waals surface area contributed by atoms with E-state index in [1.54, 1.807) is 32.8 Å². The number of nitrogens with zero attached hydrogens (tertiary/aromatic N) is 2. The van der Waals surface area contributed by atoms with Gasteiger partial charge in [-0.2, -0.15) is 0 Å². The second-order valence-corrected chi connectivity index (χ2v) is 6.37. The van der Waals surface area contributed by atoms with Crippen LogP contribution in [-0.2, 0) is 9.59 Å². The third-order valence-electron chi connectivity index (χ3n) is 3.73. The van der Waals surface area contributed by atoms with Crippen LogP contribution in [-0.4, -0.2) is 66.5 Å². The SMILES string of the molecule is CN(C)C(=O)N1CCCC(C(=O)NCC(C)(C)C(=O)O)C1. The van der Waals surface area contributed by atoms with Gasteiger partial charge in [-0.15, -0.1) is 0 Å². The molecule has 1 saturated heterocycles. The van der Waals surface area contributed by atoms with Gasteiger partial charge in [-0.25, -0.2) is 4.79 Å². The minimum absolute atomic E-state index is 0.0826. The smallest absolute Gasteiger partial charge is 0.319 e. The van der Waals surface area contributed by atoms with Crippen molar-refractivity contribution in [3.8, 4) is 0 Å². The van der Waals surface area contributed by atoms with E-state index in [4.69, 9.17) is 5.11 Å². The Bertz CT molecular complexity index is 420. The van der Waals surface area contributed by atoms with Crippen LogP contribution >= 0.6 is 0 Å². The molecule has 1 aliphatic heterocycles. The second-order valence-electron chi connectivity index (χ2n) is 6.37. The van der Waals surface area contributed by atoms with E-state index >= 15 is 0 Å². The molecule has 0 bridgehead atoms. The largest absolute Gasteiger partial charge is 0.481 e. The zero-order valence-electron chi connectivity index (χ0n) is 13.2. The summed E-state index contributed by atoms with van der Waals surface area (Å²) in [5.74, 6) is -1.40. The normalized spacial score (nSPS) is 19.0. The van der Waals surface area contributed by atoms with Crippen molar-refractivity contribution in [2.75, 3.05) is 33.7 Å². The van der Waals surface area contributed by atoms with E-state index in [0.717, 1.165) is 12.8 Å². The lowest BCUT2D eigenvalue weighted by Gasteiger charge is -2.34. The Morgan fingerprint density at radius 2 is 1.95 bits per heavy atom. The minimum atomic E-state index is -0.997. The van der Waals surface area contributed by atoms with Crippen LogP contribution in [0.3, 0.4) is 0 Å². The minimum Gasteiger partial charge on any atom is -0.481 e. The van der Waals surface area contributed by atoms with Crippen LogP contribution in [0.4, 0.5) is 4.79 Å². The number of urea groups is 1. The third-order valence-corrected chi connectivity index (χ3v) is 3.73. The van der Waals surface area contributed by atoms with E-state index in [9.17, 15) is 14.4 Å². The molecular weight excluding hydrogens is 274 g/mol. The summed E-state index contributed by atoms with van der Waals surface area (Å²) in [6, 6.07) is -0.0987. The van der Waals surface area contributed by atoms with Crippen LogP contribution in [0.15, 0.2) is 0 Å². The lowest BCUT2D eigenvalue weighted by molar-refractivity contribution is -0.146. The fraction of sp³-hybridized carbons (Fsp3) is 0.786. The molecule has 7 nitrogen and oxygen atoms in total. The van der Waals surface area contributed by atoms with E-state index in [2.05, 4.69) is 5.32 Å². The van der Waals surface area contributed by atoms with Gasteiger partial charge in [0.05, 0.1) is 11.3 Å². The standard InChI is InChI=1S/C14H25N3O4/c1-14(2,12(19)20)9-15-11(18)10-6-5-7-17(8-10)13(21)16(3)4/h10H,5-9H2,1-4H3,(H,15,18)(H,19,20). The molecule has 1 atom stereocenters. The number of carboxylic acids is 1. The Morgan fingerprint density at radius 1 is 1.33 bits per heavy atom. The highest BCUT2D eigenvalue weighted by Crippen LogP contribution is 2.19. The van der Waals surface area contributed by atoms with Gasteiger partial charge in [0.1, 0.15) is 0 Å². The number of amides is 3. The van der Waals surface area contributed by atoms with Gasteiger partial charge in [-0.1, -0.05) is 0 Å². The van der Waals surface area contributed by atoms with Crippen LogP contribution in [0.2, 0.25) is 0 Å². The van der Waals surface area contributed by atoms with E-state index in [0.29, 0.717) is 13.1 Å². The predicted octanol–water partition coefficient (Wildman–Crippen LogP) is 0.607. The van der Waals surface area contributed by atoms with Crippen molar-refractivity contribution in [2.45, 2.75) is 26.7 Å². The maximum Gasteiger partial charge on any atom is 0.319 e. The molecule has 120 valence electrons. The molecule has 0 radical (unpaired) electrons. The number of rotatable bonds is 4. The van der Waals surface area contributed by atoms with Crippen LogP contribution < -0.4 is 5.32 Å². The highest BCUT2D eigenvalue weighted by atomic mass is 16.4. The Morgan fingerprint density at radius 3 is 2.48 bits per heavy atom. The van der Waals surface area contributed by atoms with Crippen LogP contribution in [0.5, 0.6) is 0 Å². The molecule has 1 unspecified atom stereocenters. The molecule has 1 fully saturated rings. The molecule has 1 heterocycles. The van der Waals surface area contributed by atoms with Gasteiger partial charge < -0.3 is 20.2 Å². The van der Waals surface area contributed by atoms with Crippen molar-refractivity contribution in [2.24, 2.45) is 11.3 Å². The number of hydrogen-bond acceptors (Lipinski definition) is 3. The first-order chi connectivity index (χ1) is 9.65. The first-order valence-electron chi connectivity index (χ1n) is 7.12. The maximum absolute atomic E-state index is 12.1. The molecule has 1 rings (SSSR count). The average Bonchev–Trinajstić information content (AvgIpc) is 2.43. The molecule has 0 aromatic rings. The molecular formula is C14H25N3O4. The number of carboxylic acid groups (broad SMARTS) is 1. The van der Waals surface area contributed by atoms with Crippen molar-refractivity contribution >= 4 is 17.9 Å². The van der Waals surface area contributed by atoms with E-state index in [1.165, 1.54) is 4.90 Å². The monoisotopic (exact) mass is 299 g/mol. The summed E-state index contributed by atoms with van der Waals surface area (Å²) in [7, 11) is 3.36. The Hall–Kier alpha value is -1.79. The molecule has 21 heavy (non-hydrogen) atoms. The lowest BCUT2D eigenvalue weighted by Crippen LogP contribution is -2.49.